The van der Waals surface area contributed by atoms with Gasteiger partial charge in [-0.05, 0) is 56.7 Å². The normalized spacial score (nSPS) is 12.2. The molecule has 0 aromatic heterocycles. The van der Waals surface area contributed by atoms with Crippen LogP contribution in [0, 0.1) is 0 Å². The molecule has 1 aromatic carbocycles. The van der Waals surface area contributed by atoms with E-state index in [1.165, 1.54) is 11.1 Å². The van der Waals surface area contributed by atoms with E-state index in [9.17, 15) is 0 Å². The van der Waals surface area contributed by atoms with Crippen LogP contribution in [-0.2, 0) is 0 Å². The van der Waals surface area contributed by atoms with Gasteiger partial charge in [0.2, 0.25) is 0 Å². The maximum atomic E-state index is 6.17. The second-order valence-corrected chi connectivity index (χ2v) is 7.45. The average Bonchev–Trinajstić information content (AvgIpc) is 2.36. The minimum absolute atomic E-state index is 0.179. The summed E-state index contributed by atoms with van der Waals surface area (Å²) in [5.41, 5.74) is 2.83. The molecule has 2 heteroatoms. The molecule has 0 saturated carbocycles. The Morgan fingerprint density at radius 3 is 1.95 bits per heavy atom. The second-order valence-electron chi connectivity index (χ2n) is 7.45. The summed E-state index contributed by atoms with van der Waals surface area (Å²) < 4.78 is 6.17. The monoisotopic (exact) mass is 291 g/mol. The SMILES string of the molecule is CC(C)c1cccc(C(C)C)c1OCCCNC(C)(C)C. The molecule has 1 rings (SSSR count). The van der Waals surface area contributed by atoms with Crippen molar-refractivity contribution in [3.8, 4) is 5.75 Å². The lowest BCUT2D eigenvalue weighted by Crippen LogP contribution is -2.36. The highest BCUT2D eigenvalue weighted by molar-refractivity contribution is 5.44. The first-order valence-electron chi connectivity index (χ1n) is 8.23. The third-order valence-electron chi connectivity index (χ3n) is 3.54. The zero-order valence-corrected chi connectivity index (χ0v) is 14.9. The molecule has 21 heavy (non-hydrogen) atoms. The number of rotatable bonds is 7. The van der Waals surface area contributed by atoms with Gasteiger partial charge in [-0.3, -0.25) is 0 Å². The van der Waals surface area contributed by atoms with Gasteiger partial charge in [-0.1, -0.05) is 45.9 Å². The average molecular weight is 291 g/mol. The Morgan fingerprint density at radius 1 is 1.00 bits per heavy atom. The van der Waals surface area contributed by atoms with Crippen molar-refractivity contribution in [3.63, 3.8) is 0 Å². The van der Waals surface area contributed by atoms with Crippen molar-refractivity contribution in [2.75, 3.05) is 13.2 Å². The predicted octanol–water partition coefficient (Wildman–Crippen LogP) is 5.09. The summed E-state index contributed by atoms with van der Waals surface area (Å²) in [7, 11) is 0. The Hall–Kier alpha value is -1.02. The molecule has 120 valence electrons. The Labute approximate surface area is 131 Å². The van der Waals surface area contributed by atoms with Crippen molar-refractivity contribution in [2.45, 2.75) is 72.3 Å². The topological polar surface area (TPSA) is 21.3 Å². The standard InChI is InChI=1S/C19H33NO/c1-14(2)16-10-8-11-17(15(3)4)18(16)21-13-9-12-20-19(5,6)7/h8,10-11,14-15,20H,9,12-13H2,1-7H3. The van der Waals surface area contributed by atoms with Gasteiger partial charge >= 0.3 is 0 Å². The Balaban J connectivity index is 2.68. The van der Waals surface area contributed by atoms with Crippen molar-refractivity contribution in [3.05, 3.63) is 29.3 Å². The molecule has 0 atom stereocenters. The molecule has 2 nitrogen and oxygen atoms in total. The Morgan fingerprint density at radius 2 is 1.52 bits per heavy atom. The molecule has 0 aliphatic heterocycles. The van der Waals surface area contributed by atoms with E-state index in [-0.39, 0.29) is 5.54 Å². The second kappa shape index (κ2) is 7.84. The van der Waals surface area contributed by atoms with Gasteiger partial charge < -0.3 is 10.1 Å². The van der Waals surface area contributed by atoms with E-state index in [0.717, 1.165) is 25.3 Å². The summed E-state index contributed by atoms with van der Waals surface area (Å²) in [6, 6.07) is 6.54. The molecule has 0 aliphatic rings. The van der Waals surface area contributed by atoms with Gasteiger partial charge in [-0.15, -0.1) is 0 Å². The molecule has 0 radical (unpaired) electrons. The highest BCUT2D eigenvalue weighted by Gasteiger charge is 2.15. The number of hydrogen-bond acceptors (Lipinski definition) is 2. The van der Waals surface area contributed by atoms with Crippen molar-refractivity contribution >= 4 is 0 Å². The van der Waals surface area contributed by atoms with Gasteiger partial charge in [0.15, 0.2) is 0 Å². The summed E-state index contributed by atoms with van der Waals surface area (Å²) in [4.78, 5) is 0. The van der Waals surface area contributed by atoms with E-state index < -0.39 is 0 Å². The zero-order valence-electron chi connectivity index (χ0n) is 14.9. The first-order valence-corrected chi connectivity index (χ1v) is 8.23. The van der Waals surface area contributed by atoms with Crippen molar-refractivity contribution in [1.82, 2.24) is 5.32 Å². The van der Waals surface area contributed by atoms with Gasteiger partial charge in [0.05, 0.1) is 6.61 Å². The predicted molar refractivity (Wildman–Crippen MR) is 92.5 cm³/mol. The molecule has 1 aromatic rings. The maximum absolute atomic E-state index is 6.17. The van der Waals surface area contributed by atoms with Crippen LogP contribution in [0.4, 0.5) is 0 Å². The number of para-hydroxylation sites is 1. The number of benzene rings is 1. The van der Waals surface area contributed by atoms with Gasteiger partial charge in [0, 0.05) is 5.54 Å². The van der Waals surface area contributed by atoms with E-state index in [4.69, 9.17) is 4.74 Å². The van der Waals surface area contributed by atoms with Crippen LogP contribution < -0.4 is 10.1 Å². The largest absolute Gasteiger partial charge is 0.493 e. The lowest BCUT2D eigenvalue weighted by atomic mass is 9.94. The highest BCUT2D eigenvalue weighted by atomic mass is 16.5. The van der Waals surface area contributed by atoms with Crippen LogP contribution in [-0.4, -0.2) is 18.7 Å². The van der Waals surface area contributed by atoms with E-state index in [1.807, 2.05) is 0 Å². The molecule has 0 saturated heterocycles. The van der Waals surface area contributed by atoms with Gasteiger partial charge in [-0.2, -0.15) is 0 Å². The van der Waals surface area contributed by atoms with Crippen LogP contribution in [0.2, 0.25) is 0 Å². The van der Waals surface area contributed by atoms with Gasteiger partial charge in [-0.25, -0.2) is 0 Å². The fraction of sp³-hybridized carbons (Fsp3) is 0.684. The maximum Gasteiger partial charge on any atom is 0.126 e. The van der Waals surface area contributed by atoms with Crippen LogP contribution in [0.5, 0.6) is 5.75 Å². The van der Waals surface area contributed by atoms with E-state index >= 15 is 0 Å². The smallest absolute Gasteiger partial charge is 0.126 e. The summed E-state index contributed by atoms with van der Waals surface area (Å²) in [6.07, 6.45) is 1.03. The minimum atomic E-state index is 0.179. The summed E-state index contributed by atoms with van der Waals surface area (Å²) in [6.45, 7) is 17.3. The van der Waals surface area contributed by atoms with Crippen molar-refractivity contribution in [2.24, 2.45) is 0 Å². The van der Waals surface area contributed by atoms with Crippen LogP contribution in [0.3, 0.4) is 0 Å². The first kappa shape index (κ1) is 18.0. The summed E-state index contributed by atoms with van der Waals surface area (Å²) in [5, 5.41) is 3.50. The number of nitrogens with one attached hydrogen (secondary N) is 1. The van der Waals surface area contributed by atoms with Crippen molar-refractivity contribution in [1.29, 1.82) is 0 Å². The Bertz CT molecular complexity index is 403. The van der Waals surface area contributed by atoms with Gasteiger partial charge in [0.25, 0.3) is 0 Å². The highest BCUT2D eigenvalue weighted by Crippen LogP contribution is 2.34. The lowest BCUT2D eigenvalue weighted by molar-refractivity contribution is 0.291. The molecule has 0 spiro atoms. The third kappa shape index (κ3) is 6.09. The number of ether oxygens (including phenoxy) is 1. The quantitative estimate of drug-likeness (QED) is 0.706. The van der Waals surface area contributed by atoms with Crippen LogP contribution in [0.1, 0.15) is 77.8 Å². The molecule has 0 unspecified atom stereocenters. The third-order valence-corrected chi connectivity index (χ3v) is 3.54. The molecule has 0 aliphatic carbocycles. The Kier molecular flexibility index (Phi) is 6.73. The minimum Gasteiger partial charge on any atom is -0.493 e. The molecule has 0 heterocycles. The summed E-state index contributed by atoms with van der Waals surface area (Å²) >= 11 is 0. The molecular weight excluding hydrogens is 258 g/mol. The fourth-order valence-corrected chi connectivity index (χ4v) is 2.36. The van der Waals surface area contributed by atoms with Crippen LogP contribution in [0.15, 0.2) is 18.2 Å². The first-order chi connectivity index (χ1) is 9.72. The van der Waals surface area contributed by atoms with E-state index in [1.54, 1.807) is 0 Å². The number of hydrogen-bond donors (Lipinski definition) is 1. The van der Waals surface area contributed by atoms with Gasteiger partial charge in [0.1, 0.15) is 5.75 Å². The van der Waals surface area contributed by atoms with Crippen LogP contribution >= 0.6 is 0 Å². The fourth-order valence-electron chi connectivity index (χ4n) is 2.36. The summed E-state index contributed by atoms with van der Waals surface area (Å²) in [5.74, 6) is 2.09. The molecule has 0 bridgehead atoms. The zero-order chi connectivity index (χ0) is 16.0. The van der Waals surface area contributed by atoms with Crippen molar-refractivity contribution < 1.29 is 4.74 Å². The van der Waals surface area contributed by atoms with E-state index in [0.29, 0.717) is 11.8 Å². The lowest BCUT2D eigenvalue weighted by Gasteiger charge is -2.22. The molecule has 0 fully saturated rings. The molecular formula is C19H33NO. The van der Waals surface area contributed by atoms with E-state index in [2.05, 4.69) is 72.0 Å². The van der Waals surface area contributed by atoms with Crippen LogP contribution in [0.25, 0.3) is 0 Å². The molecule has 0 amide bonds. The molecule has 1 N–H and O–H groups in total.